The summed E-state index contributed by atoms with van der Waals surface area (Å²) >= 11 is 0. The molecule has 1 unspecified atom stereocenters. The molecule has 1 rings (SSSR count). The molecule has 1 heterocycles. The van der Waals surface area contributed by atoms with Crippen molar-refractivity contribution in [1.82, 2.24) is 5.32 Å². The first-order valence-corrected chi connectivity index (χ1v) is 9.71. The van der Waals surface area contributed by atoms with Crippen LogP contribution >= 0.6 is 0 Å². The fourth-order valence-electron chi connectivity index (χ4n) is 2.84. The molecule has 0 aromatic carbocycles. The average molecular weight is 398 g/mol. The van der Waals surface area contributed by atoms with Gasteiger partial charge in [-0.25, -0.2) is 0 Å². The number of carbonyl (C=O) groups is 4. The summed E-state index contributed by atoms with van der Waals surface area (Å²) in [6.45, 7) is 6.75. The number of hydrogen-bond acceptors (Lipinski definition) is 8. The number of carbonyl (C=O) groups excluding carboxylic acids is 4. The normalized spacial score (nSPS) is 18.9. The topological polar surface area (TPSA) is 120 Å². The van der Waals surface area contributed by atoms with Gasteiger partial charge in [0.1, 0.15) is 5.84 Å². The molecule has 0 aliphatic carbocycles. The Labute approximate surface area is 165 Å². The van der Waals surface area contributed by atoms with Gasteiger partial charge in [0.15, 0.2) is 11.3 Å². The zero-order chi connectivity index (χ0) is 21.2. The van der Waals surface area contributed by atoms with E-state index in [9.17, 15) is 19.2 Å². The van der Waals surface area contributed by atoms with E-state index in [1.807, 2.05) is 6.92 Å². The first kappa shape index (κ1) is 23.6. The molecule has 1 aliphatic heterocycles. The lowest BCUT2D eigenvalue weighted by Gasteiger charge is -2.34. The summed E-state index contributed by atoms with van der Waals surface area (Å²) in [6.07, 6.45) is 1.89. The molecule has 0 saturated carbocycles. The molecule has 0 spiro atoms. The Kier molecular flexibility index (Phi) is 9.61. The molecule has 28 heavy (non-hydrogen) atoms. The van der Waals surface area contributed by atoms with Gasteiger partial charge in [-0.1, -0.05) is 13.3 Å². The predicted molar refractivity (Wildman–Crippen MR) is 100 cm³/mol. The van der Waals surface area contributed by atoms with E-state index in [-0.39, 0.29) is 26.4 Å². The highest BCUT2D eigenvalue weighted by Gasteiger charge is 2.53. The summed E-state index contributed by atoms with van der Waals surface area (Å²) in [5.41, 5.74) is -1.80. The van der Waals surface area contributed by atoms with E-state index in [1.165, 1.54) is 0 Å². The number of unbranched alkanes of at least 4 members (excludes halogenated alkanes) is 1. The SMILES string of the molecule is CCCCC1=NCC(CC(C(=O)OCC)C(=O)OCC)(C(=O)OCC)C(=O)N1. The Bertz CT molecular complexity index is 599. The Hall–Kier alpha value is -2.45. The average Bonchev–Trinajstić information content (AvgIpc) is 2.66. The molecule has 0 fully saturated rings. The molecule has 0 aromatic heterocycles. The summed E-state index contributed by atoms with van der Waals surface area (Å²) in [6, 6.07) is 0. The molecule has 0 bridgehead atoms. The van der Waals surface area contributed by atoms with E-state index < -0.39 is 41.6 Å². The molecule has 1 atom stereocenters. The van der Waals surface area contributed by atoms with Gasteiger partial charge in [0.2, 0.25) is 5.91 Å². The summed E-state index contributed by atoms with van der Waals surface area (Å²) in [5.74, 6) is -4.11. The summed E-state index contributed by atoms with van der Waals surface area (Å²) in [7, 11) is 0. The van der Waals surface area contributed by atoms with Crippen LogP contribution in [-0.4, -0.2) is 56.0 Å². The van der Waals surface area contributed by atoms with E-state index in [4.69, 9.17) is 14.2 Å². The smallest absolute Gasteiger partial charge is 0.323 e. The predicted octanol–water partition coefficient (Wildman–Crippen LogP) is 1.39. The summed E-state index contributed by atoms with van der Waals surface area (Å²) in [4.78, 5) is 54.6. The van der Waals surface area contributed by atoms with E-state index in [1.54, 1.807) is 20.8 Å². The van der Waals surface area contributed by atoms with Crippen molar-refractivity contribution in [1.29, 1.82) is 0 Å². The van der Waals surface area contributed by atoms with Crippen LogP contribution in [0.5, 0.6) is 0 Å². The summed E-state index contributed by atoms with van der Waals surface area (Å²) < 4.78 is 15.0. The van der Waals surface area contributed by atoms with Gasteiger partial charge < -0.3 is 19.5 Å². The number of rotatable bonds is 11. The molecular formula is C19H30N2O7. The van der Waals surface area contributed by atoms with E-state index in [0.29, 0.717) is 12.3 Å². The van der Waals surface area contributed by atoms with Gasteiger partial charge in [0.05, 0.1) is 26.4 Å². The van der Waals surface area contributed by atoms with Crippen molar-refractivity contribution in [2.45, 2.75) is 53.4 Å². The first-order valence-electron chi connectivity index (χ1n) is 9.71. The highest BCUT2D eigenvalue weighted by Crippen LogP contribution is 2.33. The van der Waals surface area contributed by atoms with Crippen LogP contribution in [0, 0.1) is 11.3 Å². The standard InChI is InChI=1S/C19H30N2O7/c1-5-9-10-14-20-12-19(17(24)21-14,18(25)28-8-4)11-13(15(22)26-6-2)16(23)27-7-3/h13H,5-12H2,1-4H3,(H,20,21,24). The van der Waals surface area contributed by atoms with Gasteiger partial charge in [-0.2, -0.15) is 0 Å². The van der Waals surface area contributed by atoms with Crippen molar-refractivity contribution in [3.63, 3.8) is 0 Å². The van der Waals surface area contributed by atoms with Crippen LogP contribution in [-0.2, 0) is 33.4 Å². The fraction of sp³-hybridized carbons (Fsp3) is 0.737. The number of hydrogen-bond donors (Lipinski definition) is 1. The lowest BCUT2D eigenvalue weighted by molar-refractivity contribution is -0.168. The molecule has 1 amide bonds. The molecule has 9 heteroatoms. The van der Waals surface area contributed by atoms with Gasteiger partial charge in [-0.3, -0.25) is 24.2 Å². The fourth-order valence-corrected chi connectivity index (χ4v) is 2.84. The number of amides is 1. The van der Waals surface area contributed by atoms with Crippen LogP contribution in [0.2, 0.25) is 0 Å². The van der Waals surface area contributed by atoms with Crippen molar-refractivity contribution in [2.24, 2.45) is 16.3 Å². The number of aliphatic imine (C=N–C) groups is 1. The molecule has 158 valence electrons. The molecule has 1 N–H and O–H groups in total. The third-order valence-electron chi connectivity index (χ3n) is 4.36. The zero-order valence-corrected chi connectivity index (χ0v) is 17.0. The molecule has 1 aliphatic rings. The molecule has 0 radical (unpaired) electrons. The van der Waals surface area contributed by atoms with Gasteiger partial charge in [-0.15, -0.1) is 0 Å². The van der Waals surface area contributed by atoms with Crippen LogP contribution in [0.1, 0.15) is 53.4 Å². The Balaban J connectivity index is 3.23. The van der Waals surface area contributed by atoms with Gasteiger partial charge in [-0.05, 0) is 33.6 Å². The highest BCUT2D eigenvalue weighted by atomic mass is 16.6. The second kappa shape index (κ2) is 11.4. The number of ether oxygens (including phenoxy) is 3. The minimum atomic E-state index is -1.80. The lowest BCUT2D eigenvalue weighted by atomic mass is 9.77. The lowest BCUT2D eigenvalue weighted by Crippen LogP contribution is -2.56. The van der Waals surface area contributed by atoms with Crippen molar-refractivity contribution < 1.29 is 33.4 Å². The Morgan fingerprint density at radius 2 is 1.61 bits per heavy atom. The largest absolute Gasteiger partial charge is 0.465 e. The quantitative estimate of drug-likeness (QED) is 0.317. The van der Waals surface area contributed by atoms with Crippen LogP contribution in [0.4, 0.5) is 0 Å². The summed E-state index contributed by atoms with van der Waals surface area (Å²) in [5, 5.41) is 2.63. The van der Waals surface area contributed by atoms with Crippen LogP contribution < -0.4 is 5.32 Å². The van der Waals surface area contributed by atoms with Gasteiger partial charge in [0, 0.05) is 6.42 Å². The highest BCUT2D eigenvalue weighted by molar-refractivity contribution is 6.12. The minimum Gasteiger partial charge on any atom is -0.465 e. The van der Waals surface area contributed by atoms with E-state index in [2.05, 4.69) is 10.3 Å². The van der Waals surface area contributed by atoms with Crippen molar-refractivity contribution in [2.75, 3.05) is 26.4 Å². The monoisotopic (exact) mass is 398 g/mol. The maximum atomic E-state index is 12.9. The Morgan fingerprint density at radius 1 is 1.04 bits per heavy atom. The minimum absolute atomic E-state index is 0.0454. The number of amidine groups is 1. The second-order valence-corrected chi connectivity index (χ2v) is 6.38. The molecular weight excluding hydrogens is 368 g/mol. The van der Waals surface area contributed by atoms with Crippen molar-refractivity contribution >= 4 is 29.7 Å². The van der Waals surface area contributed by atoms with Crippen molar-refractivity contribution in [3.8, 4) is 0 Å². The number of nitrogens with one attached hydrogen (secondary N) is 1. The van der Waals surface area contributed by atoms with Crippen LogP contribution in [0.3, 0.4) is 0 Å². The third-order valence-corrected chi connectivity index (χ3v) is 4.36. The van der Waals surface area contributed by atoms with Gasteiger partial charge in [0.25, 0.3) is 0 Å². The van der Waals surface area contributed by atoms with E-state index >= 15 is 0 Å². The molecule has 0 saturated heterocycles. The maximum absolute atomic E-state index is 12.9. The number of nitrogens with zero attached hydrogens (tertiary/aromatic N) is 1. The van der Waals surface area contributed by atoms with Crippen LogP contribution in [0.15, 0.2) is 4.99 Å². The zero-order valence-electron chi connectivity index (χ0n) is 17.0. The Morgan fingerprint density at radius 3 is 2.07 bits per heavy atom. The third kappa shape index (κ3) is 5.77. The molecule has 9 nitrogen and oxygen atoms in total. The van der Waals surface area contributed by atoms with Crippen LogP contribution in [0.25, 0.3) is 0 Å². The second-order valence-electron chi connectivity index (χ2n) is 6.38. The van der Waals surface area contributed by atoms with E-state index in [0.717, 1.165) is 12.8 Å². The first-order chi connectivity index (χ1) is 13.4. The number of esters is 3. The van der Waals surface area contributed by atoms with Gasteiger partial charge >= 0.3 is 17.9 Å². The molecule has 0 aromatic rings. The maximum Gasteiger partial charge on any atom is 0.323 e. The van der Waals surface area contributed by atoms with Crippen molar-refractivity contribution in [3.05, 3.63) is 0 Å².